The lowest BCUT2D eigenvalue weighted by atomic mass is 10.00. The molecule has 0 saturated carbocycles. The van der Waals surface area contributed by atoms with Gasteiger partial charge in [-0.25, -0.2) is 0 Å². The Hall–Kier alpha value is 0.230. The van der Waals surface area contributed by atoms with Crippen LogP contribution in [0.1, 0.15) is 25.7 Å². The van der Waals surface area contributed by atoms with E-state index >= 15 is 0 Å². The highest BCUT2D eigenvalue weighted by molar-refractivity contribution is 7.99. The Morgan fingerprint density at radius 2 is 2.00 bits per heavy atom. The van der Waals surface area contributed by atoms with E-state index in [0.717, 1.165) is 11.9 Å². The summed E-state index contributed by atoms with van der Waals surface area (Å²) >= 11 is 2.04. The molecule has 3 aliphatic rings. The number of hydrogen-bond acceptors (Lipinski definition) is 4. The predicted molar refractivity (Wildman–Crippen MR) is 74.0 cm³/mol. The number of piperidine rings is 2. The van der Waals surface area contributed by atoms with Crippen LogP contribution < -0.4 is 5.32 Å². The molecule has 3 aliphatic heterocycles. The smallest absolute Gasteiger partial charge is 0.0697 e. The summed E-state index contributed by atoms with van der Waals surface area (Å²) in [6.45, 7) is 5.15. The fourth-order valence-electron chi connectivity index (χ4n) is 3.30. The summed E-state index contributed by atoms with van der Waals surface area (Å²) in [6, 6.07) is 0.858. The van der Waals surface area contributed by atoms with E-state index < -0.39 is 0 Å². The second-order valence-electron chi connectivity index (χ2n) is 5.43. The number of thioether (sulfide) groups is 1. The van der Waals surface area contributed by atoms with Crippen molar-refractivity contribution < 1.29 is 0 Å². The summed E-state index contributed by atoms with van der Waals surface area (Å²) in [6.07, 6.45) is 8.58. The van der Waals surface area contributed by atoms with Gasteiger partial charge in [0.15, 0.2) is 0 Å². The second-order valence-corrected chi connectivity index (χ2v) is 6.46. The molecular weight excluding hydrogens is 230 g/mol. The molecule has 0 bridgehead atoms. The van der Waals surface area contributed by atoms with Crippen LogP contribution in [0.3, 0.4) is 0 Å². The van der Waals surface area contributed by atoms with Gasteiger partial charge in [0.1, 0.15) is 0 Å². The van der Waals surface area contributed by atoms with Gasteiger partial charge in [0.25, 0.3) is 0 Å². The number of hydrogen-bond donors (Lipinski definition) is 1. The lowest BCUT2D eigenvalue weighted by Crippen LogP contribution is -2.52. The zero-order valence-electron chi connectivity index (χ0n) is 10.6. The molecule has 0 spiro atoms. The van der Waals surface area contributed by atoms with E-state index in [-0.39, 0.29) is 0 Å². The first kappa shape index (κ1) is 12.3. The number of rotatable bonds is 2. The van der Waals surface area contributed by atoms with E-state index in [2.05, 4.69) is 21.5 Å². The number of likely N-dealkylation sites (tertiary alicyclic amines) is 2. The average molecular weight is 254 g/mol. The first-order chi connectivity index (χ1) is 8.43. The highest BCUT2D eigenvalue weighted by Gasteiger charge is 2.29. The molecule has 0 aromatic heterocycles. The van der Waals surface area contributed by atoms with Gasteiger partial charge < -0.3 is 4.90 Å². The topological polar surface area (TPSA) is 18.5 Å². The van der Waals surface area contributed by atoms with Crippen LogP contribution in [0.2, 0.25) is 0 Å². The van der Waals surface area contributed by atoms with E-state index in [9.17, 15) is 0 Å². The fraction of sp³-hybridized carbons (Fsp3) is 0.923. The Kier molecular flexibility index (Phi) is 4.27. The van der Waals surface area contributed by atoms with Crippen molar-refractivity contribution in [2.24, 2.45) is 0 Å². The summed E-state index contributed by atoms with van der Waals surface area (Å²) in [7, 11) is 0. The van der Waals surface area contributed by atoms with Gasteiger partial charge in [-0.3, -0.25) is 10.2 Å². The van der Waals surface area contributed by atoms with Crippen LogP contribution in [0.15, 0.2) is 0 Å². The maximum Gasteiger partial charge on any atom is 0.0697 e. The van der Waals surface area contributed by atoms with Crippen LogP contribution in [-0.4, -0.2) is 59.8 Å². The highest BCUT2D eigenvalue weighted by Crippen LogP contribution is 2.23. The zero-order valence-corrected chi connectivity index (χ0v) is 11.4. The van der Waals surface area contributed by atoms with Crippen molar-refractivity contribution >= 4 is 11.8 Å². The molecule has 4 heteroatoms. The normalized spacial score (nSPS) is 34.2. The second kappa shape index (κ2) is 5.91. The summed E-state index contributed by atoms with van der Waals surface area (Å²) < 4.78 is 0. The molecule has 1 N–H and O–H groups in total. The summed E-state index contributed by atoms with van der Waals surface area (Å²) in [5.41, 5.74) is 0. The molecule has 3 nitrogen and oxygen atoms in total. The largest absolute Gasteiger partial charge is 0.300 e. The van der Waals surface area contributed by atoms with Crippen molar-refractivity contribution in [3.05, 3.63) is 6.42 Å². The third kappa shape index (κ3) is 2.98. The summed E-state index contributed by atoms with van der Waals surface area (Å²) in [4.78, 5) is 5.36. The van der Waals surface area contributed by atoms with Crippen LogP contribution in [-0.2, 0) is 0 Å². The van der Waals surface area contributed by atoms with Crippen LogP contribution in [0.4, 0.5) is 0 Å². The lowest BCUT2D eigenvalue weighted by molar-refractivity contribution is 0.0809. The Bertz CT molecular complexity index is 229. The third-order valence-electron chi connectivity index (χ3n) is 4.37. The Morgan fingerprint density at radius 1 is 1.12 bits per heavy atom. The predicted octanol–water partition coefficient (Wildman–Crippen LogP) is 1.37. The van der Waals surface area contributed by atoms with E-state index in [1.807, 2.05) is 11.8 Å². The van der Waals surface area contributed by atoms with Crippen LogP contribution >= 0.6 is 11.8 Å². The summed E-state index contributed by atoms with van der Waals surface area (Å²) in [5, 5.41) is 3.59. The first-order valence-electron chi connectivity index (χ1n) is 7.04. The van der Waals surface area contributed by atoms with Crippen molar-refractivity contribution in [1.29, 1.82) is 0 Å². The molecule has 3 rings (SSSR count). The molecule has 3 saturated heterocycles. The van der Waals surface area contributed by atoms with E-state index in [1.54, 1.807) is 0 Å². The molecule has 17 heavy (non-hydrogen) atoms. The molecule has 3 fully saturated rings. The zero-order chi connectivity index (χ0) is 11.5. The van der Waals surface area contributed by atoms with Gasteiger partial charge in [0, 0.05) is 37.3 Å². The van der Waals surface area contributed by atoms with Crippen molar-refractivity contribution in [1.82, 2.24) is 15.1 Å². The van der Waals surface area contributed by atoms with E-state index in [1.165, 1.54) is 57.6 Å². The fourth-order valence-corrected chi connectivity index (χ4v) is 4.28. The molecule has 1 atom stereocenters. The molecule has 0 aromatic carbocycles. The molecular formula is C13H24N3S. The van der Waals surface area contributed by atoms with Gasteiger partial charge in [-0.05, 0) is 38.6 Å². The van der Waals surface area contributed by atoms with E-state index in [0.29, 0.717) is 6.17 Å². The standard InChI is InChI=1S/C13H24N3S/c1-2-6-15(7-3-1)12-4-8-16(9-5-12)13-10-17-11-14-13/h2,12-14H,1,3-11H2. The molecule has 97 valence electrons. The number of nitrogens with one attached hydrogen (secondary N) is 1. The Morgan fingerprint density at radius 3 is 2.65 bits per heavy atom. The average Bonchev–Trinajstić information content (AvgIpc) is 2.94. The molecule has 3 heterocycles. The monoisotopic (exact) mass is 254 g/mol. The minimum absolute atomic E-state index is 0.661. The van der Waals surface area contributed by atoms with Gasteiger partial charge in [-0.15, -0.1) is 11.8 Å². The molecule has 1 radical (unpaired) electrons. The van der Waals surface area contributed by atoms with E-state index in [4.69, 9.17) is 0 Å². The van der Waals surface area contributed by atoms with Crippen molar-refractivity contribution in [3.63, 3.8) is 0 Å². The van der Waals surface area contributed by atoms with Gasteiger partial charge in [0.2, 0.25) is 0 Å². The minimum atomic E-state index is 0.661. The number of nitrogens with zero attached hydrogens (tertiary/aromatic N) is 2. The minimum Gasteiger partial charge on any atom is -0.300 e. The van der Waals surface area contributed by atoms with Gasteiger partial charge >= 0.3 is 0 Å². The van der Waals surface area contributed by atoms with Gasteiger partial charge in [-0.2, -0.15) is 0 Å². The summed E-state index contributed by atoms with van der Waals surface area (Å²) in [5.74, 6) is 2.42. The van der Waals surface area contributed by atoms with Crippen molar-refractivity contribution in [3.8, 4) is 0 Å². The van der Waals surface area contributed by atoms with Crippen LogP contribution in [0, 0.1) is 6.42 Å². The first-order valence-corrected chi connectivity index (χ1v) is 8.20. The van der Waals surface area contributed by atoms with Gasteiger partial charge in [0.05, 0.1) is 6.17 Å². The van der Waals surface area contributed by atoms with Crippen molar-refractivity contribution in [2.75, 3.05) is 37.8 Å². The molecule has 0 aromatic rings. The van der Waals surface area contributed by atoms with Gasteiger partial charge in [-0.1, -0.05) is 0 Å². The molecule has 1 unspecified atom stereocenters. The Balaban J connectivity index is 1.46. The highest BCUT2D eigenvalue weighted by atomic mass is 32.2. The van der Waals surface area contributed by atoms with Crippen LogP contribution in [0.5, 0.6) is 0 Å². The lowest BCUT2D eigenvalue weighted by Gasteiger charge is -2.41. The SMILES string of the molecule is [CH]1CCCN(C2CCN(C3CSCN3)CC2)C1. The third-order valence-corrected chi connectivity index (χ3v) is 5.29. The maximum atomic E-state index is 3.59. The maximum absolute atomic E-state index is 3.59. The molecule has 0 aliphatic carbocycles. The van der Waals surface area contributed by atoms with Crippen LogP contribution in [0.25, 0.3) is 0 Å². The molecule has 0 amide bonds. The quantitative estimate of drug-likeness (QED) is 0.802. The Labute approximate surface area is 109 Å². The van der Waals surface area contributed by atoms with Crippen molar-refractivity contribution in [2.45, 2.75) is 37.9 Å².